The van der Waals surface area contributed by atoms with E-state index in [1.54, 1.807) is 31.2 Å². The Morgan fingerprint density at radius 1 is 1.07 bits per heavy atom. The van der Waals surface area contributed by atoms with Gasteiger partial charge in [-0.1, -0.05) is 25.1 Å². The van der Waals surface area contributed by atoms with E-state index in [1.807, 2.05) is 39.8 Å². The number of carbonyl (C=O) groups is 1. The number of ether oxygens (including phenoxy) is 1. The molecular formula is C23H32N2O4S. The average Bonchev–Trinajstić information content (AvgIpc) is 2.68. The van der Waals surface area contributed by atoms with E-state index >= 15 is 0 Å². The molecule has 0 saturated heterocycles. The van der Waals surface area contributed by atoms with Gasteiger partial charge in [0.15, 0.2) is 0 Å². The lowest BCUT2D eigenvalue weighted by Crippen LogP contribution is -2.48. The molecule has 1 amide bonds. The molecule has 0 aliphatic carbocycles. The number of rotatable bonds is 9. The standard InChI is InChI=1S/C23H32N2O4S/c1-7-22(19-10-9-16(3)17(4)15-19)24-23(26)18(5)25(30(6,27)28)20-11-13-21(14-12-20)29-8-2/h9-15,18,22H,7-8H2,1-6H3,(H,24,26)/t18-,22-/m1/s1. The molecule has 0 aliphatic heterocycles. The summed E-state index contributed by atoms with van der Waals surface area (Å²) < 4.78 is 31.6. The average molecular weight is 433 g/mol. The number of nitrogens with one attached hydrogen (secondary N) is 1. The molecular weight excluding hydrogens is 400 g/mol. The lowest BCUT2D eigenvalue weighted by molar-refractivity contribution is -0.122. The number of nitrogens with zero attached hydrogens (tertiary/aromatic N) is 1. The molecule has 1 N–H and O–H groups in total. The zero-order chi connectivity index (χ0) is 22.5. The molecule has 2 aromatic carbocycles. The van der Waals surface area contributed by atoms with E-state index in [-0.39, 0.29) is 11.9 Å². The third-order valence-corrected chi connectivity index (χ3v) is 6.39. The maximum atomic E-state index is 13.0. The SMILES string of the molecule is CCOc1ccc(N([C@H](C)C(=O)N[C@H](CC)c2ccc(C)c(C)c2)S(C)(=O)=O)cc1. The quantitative estimate of drug-likeness (QED) is 0.647. The highest BCUT2D eigenvalue weighted by Gasteiger charge is 2.30. The van der Waals surface area contributed by atoms with Gasteiger partial charge in [-0.25, -0.2) is 8.42 Å². The number of carbonyl (C=O) groups excluding carboxylic acids is 1. The molecule has 0 heterocycles. The molecule has 0 saturated carbocycles. The third kappa shape index (κ3) is 5.75. The topological polar surface area (TPSA) is 75.7 Å². The molecule has 2 atom stereocenters. The lowest BCUT2D eigenvalue weighted by atomic mass is 9.99. The van der Waals surface area contributed by atoms with E-state index in [1.165, 1.54) is 5.56 Å². The van der Waals surface area contributed by atoms with Gasteiger partial charge in [0.2, 0.25) is 15.9 Å². The van der Waals surface area contributed by atoms with Crippen LogP contribution in [0.2, 0.25) is 0 Å². The van der Waals surface area contributed by atoms with E-state index in [2.05, 4.69) is 11.4 Å². The van der Waals surface area contributed by atoms with Gasteiger partial charge in [0.25, 0.3) is 0 Å². The maximum absolute atomic E-state index is 13.0. The number of hydrogen-bond acceptors (Lipinski definition) is 4. The fraction of sp³-hybridized carbons (Fsp3) is 0.435. The van der Waals surface area contributed by atoms with Gasteiger partial charge >= 0.3 is 0 Å². The fourth-order valence-electron chi connectivity index (χ4n) is 3.36. The van der Waals surface area contributed by atoms with Crippen molar-refractivity contribution >= 4 is 21.6 Å². The van der Waals surface area contributed by atoms with Crippen LogP contribution in [0, 0.1) is 13.8 Å². The predicted octanol–water partition coefficient (Wildman–Crippen LogP) is 4.12. The molecule has 6 nitrogen and oxygen atoms in total. The highest BCUT2D eigenvalue weighted by Crippen LogP contribution is 2.25. The van der Waals surface area contributed by atoms with Gasteiger partial charge in [-0.15, -0.1) is 0 Å². The molecule has 0 aromatic heterocycles. The Balaban J connectivity index is 2.27. The largest absolute Gasteiger partial charge is 0.494 e. The summed E-state index contributed by atoms with van der Waals surface area (Å²) >= 11 is 0. The Bertz CT molecular complexity index is 971. The minimum absolute atomic E-state index is 0.194. The summed E-state index contributed by atoms with van der Waals surface area (Å²) in [7, 11) is -3.68. The summed E-state index contributed by atoms with van der Waals surface area (Å²) in [6.45, 7) is 10.1. The van der Waals surface area contributed by atoms with Crippen molar-refractivity contribution in [1.29, 1.82) is 0 Å². The zero-order valence-corrected chi connectivity index (χ0v) is 19.4. The summed E-state index contributed by atoms with van der Waals surface area (Å²) in [6.07, 6.45) is 1.80. The molecule has 2 aromatic rings. The van der Waals surface area contributed by atoms with Gasteiger partial charge in [-0.2, -0.15) is 0 Å². The predicted molar refractivity (Wildman–Crippen MR) is 121 cm³/mol. The Morgan fingerprint density at radius 3 is 2.20 bits per heavy atom. The monoisotopic (exact) mass is 432 g/mol. The fourth-order valence-corrected chi connectivity index (χ4v) is 4.53. The van der Waals surface area contributed by atoms with E-state index in [0.717, 1.165) is 21.7 Å². The van der Waals surface area contributed by atoms with Crippen molar-refractivity contribution < 1.29 is 17.9 Å². The second-order valence-electron chi connectivity index (χ2n) is 7.47. The smallest absolute Gasteiger partial charge is 0.244 e. The number of sulfonamides is 1. The summed E-state index contributed by atoms with van der Waals surface area (Å²) in [4.78, 5) is 13.0. The van der Waals surface area contributed by atoms with Crippen LogP contribution in [0.4, 0.5) is 5.69 Å². The van der Waals surface area contributed by atoms with Crippen LogP contribution in [-0.4, -0.2) is 33.2 Å². The maximum Gasteiger partial charge on any atom is 0.244 e. The lowest BCUT2D eigenvalue weighted by Gasteiger charge is -2.30. The van der Waals surface area contributed by atoms with Crippen LogP contribution in [0.1, 0.15) is 49.9 Å². The van der Waals surface area contributed by atoms with Crippen LogP contribution >= 0.6 is 0 Å². The van der Waals surface area contributed by atoms with E-state index in [0.29, 0.717) is 24.5 Å². The molecule has 0 bridgehead atoms. The van der Waals surface area contributed by atoms with Gasteiger partial charge in [-0.05, 0) is 75.1 Å². The molecule has 0 unspecified atom stereocenters. The summed E-state index contributed by atoms with van der Waals surface area (Å²) in [5.41, 5.74) is 3.77. The van der Waals surface area contributed by atoms with Crippen molar-refractivity contribution in [1.82, 2.24) is 5.32 Å². The number of anilines is 1. The molecule has 0 aliphatic rings. The molecule has 0 fully saturated rings. The van der Waals surface area contributed by atoms with Gasteiger partial charge in [0, 0.05) is 0 Å². The number of aryl methyl sites for hydroxylation is 2. The normalized spacial score (nSPS) is 13.4. The third-order valence-electron chi connectivity index (χ3n) is 5.15. The van der Waals surface area contributed by atoms with Gasteiger partial charge in [-0.3, -0.25) is 9.10 Å². The van der Waals surface area contributed by atoms with Crippen molar-refractivity contribution in [2.45, 2.75) is 53.1 Å². The first kappa shape index (κ1) is 23.7. The van der Waals surface area contributed by atoms with Crippen LogP contribution in [0.25, 0.3) is 0 Å². The summed E-state index contributed by atoms with van der Waals surface area (Å²) in [5, 5.41) is 3.01. The number of benzene rings is 2. The molecule has 0 spiro atoms. The van der Waals surface area contributed by atoms with E-state index < -0.39 is 16.1 Å². The Kier molecular flexibility index (Phi) is 7.89. The van der Waals surface area contributed by atoms with Gasteiger partial charge in [0.05, 0.1) is 24.6 Å². The van der Waals surface area contributed by atoms with Gasteiger partial charge in [0.1, 0.15) is 11.8 Å². The highest BCUT2D eigenvalue weighted by molar-refractivity contribution is 7.92. The van der Waals surface area contributed by atoms with Crippen molar-refractivity contribution in [2.24, 2.45) is 0 Å². The van der Waals surface area contributed by atoms with Crippen LogP contribution in [0.3, 0.4) is 0 Å². The summed E-state index contributed by atoms with van der Waals surface area (Å²) in [6, 6.07) is 11.7. The second-order valence-corrected chi connectivity index (χ2v) is 9.33. The summed E-state index contributed by atoms with van der Waals surface area (Å²) in [5.74, 6) is 0.298. The van der Waals surface area contributed by atoms with Crippen LogP contribution in [0.5, 0.6) is 5.75 Å². The van der Waals surface area contributed by atoms with Crippen molar-refractivity contribution in [3.63, 3.8) is 0 Å². The van der Waals surface area contributed by atoms with Crippen LogP contribution < -0.4 is 14.4 Å². The van der Waals surface area contributed by atoms with Crippen LogP contribution in [-0.2, 0) is 14.8 Å². The Morgan fingerprint density at radius 2 is 1.70 bits per heavy atom. The number of hydrogen-bond donors (Lipinski definition) is 1. The molecule has 30 heavy (non-hydrogen) atoms. The first-order valence-electron chi connectivity index (χ1n) is 10.2. The molecule has 2 rings (SSSR count). The first-order valence-corrected chi connectivity index (χ1v) is 12.0. The molecule has 0 radical (unpaired) electrons. The van der Waals surface area contributed by atoms with Gasteiger partial charge < -0.3 is 10.1 Å². The molecule has 7 heteroatoms. The van der Waals surface area contributed by atoms with E-state index in [4.69, 9.17) is 4.74 Å². The molecule has 164 valence electrons. The first-order chi connectivity index (χ1) is 14.1. The highest BCUT2D eigenvalue weighted by atomic mass is 32.2. The number of amides is 1. The minimum atomic E-state index is -3.68. The van der Waals surface area contributed by atoms with Crippen molar-refractivity contribution in [3.8, 4) is 5.75 Å². The Hall–Kier alpha value is -2.54. The zero-order valence-electron chi connectivity index (χ0n) is 18.6. The van der Waals surface area contributed by atoms with Crippen molar-refractivity contribution in [2.75, 3.05) is 17.2 Å². The van der Waals surface area contributed by atoms with Crippen LogP contribution in [0.15, 0.2) is 42.5 Å². The second kappa shape index (κ2) is 9.98. The van der Waals surface area contributed by atoms with E-state index in [9.17, 15) is 13.2 Å². The Labute approximate surface area is 180 Å². The van der Waals surface area contributed by atoms with Crippen molar-refractivity contribution in [3.05, 3.63) is 59.2 Å². The minimum Gasteiger partial charge on any atom is -0.494 e.